The van der Waals surface area contributed by atoms with E-state index in [4.69, 9.17) is 0 Å². The van der Waals surface area contributed by atoms with Gasteiger partial charge < -0.3 is 10.2 Å². The van der Waals surface area contributed by atoms with Crippen LogP contribution in [-0.4, -0.2) is 56.9 Å². The van der Waals surface area contributed by atoms with E-state index in [0.29, 0.717) is 11.6 Å². The molecule has 3 N–H and O–H groups in total. The molecule has 1 amide bonds. The van der Waals surface area contributed by atoms with E-state index in [2.05, 4.69) is 44.5 Å². The van der Waals surface area contributed by atoms with Crippen molar-refractivity contribution < 1.29 is 4.79 Å². The molecule has 3 heterocycles. The molecule has 1 aliphatic heterocycles. The number of hydrogen-bond acceptors (Lipinski definition) is 4. The molecule has 1 fully saturated rings. The zero-order valence-electron chi connectivity index (χ0n) is 15.8. The molecular formula is C20H26N6O. The molecule has 0 radical (unpaired) electrons. The van der Waals surface area contributed by atoms with Crippen LogP contribution in [0.25, 0.3) is 22.0 Å². The Balaban J connectivity index is 1.46. The highest BCUT2D eigenvalue weighted by Gasteiger charge is 2.23. The molecule has 0 bridgehead atoms. The summed E-state index contributed by atoms with van der Waals surface area (Å²) in [5.74, 6) is 0.573. The predicted octanol–water partition coefficient (Wildman–Crippen LogP) is 2.80. The quantitative estimate of drug-likeness (QED) is 0.648. The first-order valence-electron chi connectivity index (χ1n) is 9.60. The molecular weight excluding hydrogens is 340 g/mol. The molecule has 1 saturated heterocycles. The number of aromatic amines is 2. The maximum Gasteiger partial charge on any atom is 0.272 e. The van der Waals surface area contributed by atoms with E-state index in [1.165, 1.54) is 0 Å². The van der Waals surface area contributed by atoms with Gasteiger partial charge in [0.2, 0.25) is 0 Å². The van der Waals surface area contributed by atoms with Gasteiger partial charge in [0.05, 0.1) is 11.7 Å². The van der Waals surface area contributed by atoms with Crippen molar-refractivity contribution in [3.8, 4) is 11.1 Å². The molecule has 0 saturated carbocycles. The molecule has 0 spiro atoms. The number of carbonyl (C=O) groups excluding carboxylic acids is 1. The van der Waals surface area contributed by atoms with Gasteiger partial charge in [-0.2, -0.15) is 10.2 Å². The van der Waals surface area contributed by atoms with Crippen LogP contribution >= 0.6 is 0 Å². The molecule has 27 heavy (non-hydrogen) atoms. The molecule has 1 aromatic carbocycles. The average Bonchev–Trinajstić information content (AvgIpc) is 3.32. The summed E-state index contributed by atoms with van der Waals surface area (Å²) in [7, 11) is 0. The maximum absolute atomic E-state index is 12.8. The molecule has 142 valence electrons. The van der Waals surface area contributed by atoms with Crippen LogP contribution in [0.2, 0.25) is 0 Å². The first-order chi connectivity index (χ1) is 13.1. The number of nitrogens with one attached hydrogen (secondary N) is 3. The van der Waals surface area contributed by atoms with Gasteiger partial charge in [0.15, 0.2) is 5.69 Å². The Kier molecular flexibility index (Phi) is 4.94. The zero-order chi connectivity index (χ0) is 18.8. The average molecular weight is 366 g/mol. The first-order valence-corrected chi connectivity index (χ1v) is 9.60. The third-order valence-corrected chi connectivity index (χ3v) is 5.16. The highest BCUT2D eigenvalue weighted by molar-refractivity contribution is 6.05. The summed E-state index contributed by atoms with van der Waals surface area (Å²) in [5, 5.41) is 18.1. The van der Waals surface area contributed by atoms with Gasteiger partial charge in [-0.3, -0.25) is 15.0 Å². The van der Waals surface area contributed by atoms with Crippen molar-refractivity contribution in [1.29, 1.82) is 0 Å². The lowest BCUT2D eigenvalue weighted by Crippen LogP contribution is -2.45. The van der Waals surface area contributed by atoms with Crippen LogP contribution in [0.3, 0.4) is 0 Å². The smallest absolute Gasteiger partial charge is 0.272 e. The van der Waals surface area contributed by atoms with Crippen molar-refractivity contribution in [2.24, 2.45) is 5.92 Å². The summed E-state index contributed by atoms with van der Waals surface area (Å²) in [6, 6.07) is 6.15. The van der Waals surface area contributed by atoms with Crippen LogP contribution in [0.5, 0.6) is 0 Å². The molecule has 3 aromatic rings. The Morgan fingerprint density at radius 2 is 2.11 bits per heavy atom. The molecule has 2 aromatic heterocycles. The lowest BCUT2D eigenvalue weighted by Gasteiger charge is -2.33. The minimum atomic E-state index is -0.104. The third-order valence-electron chi connectivity index (χ3n) is 5.16. The summed E-state index contributed by atoms with van der Waals surface area (Å²) >= 11 is 0. The summed E-state index contributed by atoms with van der Waals surface area (Å²) in [5.41, 5.74) is 3.31. The van der Waals surface area contributed by atoms with Gasteiger partial charge in [0.25, 0.3) is 5.91 Å². The number of rotatable bonds is 5. The zero-order valence-corrected chi connectivity index (χ0v) is 15.8. The Morgan fingerprint density at radius 1 is 1.30 bits per heavy atom. The van der Waals surface area contributed by atoms with Crippen molar-refractivity contribution in [2.75, 3.05) is 19.6 Å². The normalized spacial score (nSPS) is 16.3. The van der Waals surface area contributed by atoms with Gasteiger partial charge >= 0.3 is 0 Å². The second-order valence-corrected chi connectivity index (χ2v) is 7.76. The first kappa shape index (κ1) is 17.7. The number of piperidine rings is 1. The highest BCUT2D eigenvalue weighted by atomic mass is 16.2. The molecule has 1 aliphatic rings. The second-order valence-electron chi connectivity index (χ2n) is 7.76. The monoisotopic (exact) mass is 366 g/mol. The number of nitrogens with zero attached hydrogens (tertiary/aromatic N) is 3. The van der Waals surface area contributed by atoms with Crippen LogP contribution in [0.1, 0.15) is 37.2 Å². The summed E-state index contributed by atoms with van der Waals surface area (Å²) < 4.78 is 0. The van der Waals surface area contributed by atoms with Gasteiger partial charge in [0.1, 0.15) is 0 Å². The molecule has 0 unspecified atom stereocenters. The maximum atomic E-state index is 12.8. The Labute approximate surface area is 158 Å². The Morgan fingerprint density at radius 3 is 2.81 bits per heavy atom. The lowest BCUT2D eigenvalue weighted by atomic mass is 10.0. The second kappa shape index (κ2) is 7.52. The highest BCUT2D eigenvalue weighted by Crippen LogP contribution is 2.25. The number of amides is 1. The van der Waals surface area contributed by atoms with Gasteiger partial charge in [-0.1, -0.05) is 19.9 Å². The molecule has 4 rings (SSSR count). The van der Waals surface area contributed by atoms with E-state index in [1.807, 2.05) is 24.4 Å². The SMILES string of the molecule is CC(C)CN1CCC(NC(=O)c2n[nH]c3ccc(-c4cn[nH]c4)cc23)CC1. The number of H-pyrrole nitrogens is 2. The van der Waals surface area contributed by atoms with Crippen molar-refractivity contribution >= 4 is 16.8 Å². The van der Waals surface area contributed by atoms with E-state index < -0.39 is 0 Å². The van der Waals surface area contributed by atoms with Gasteiger partial charge in [-0.25, -0.2) is 0 Å². The Bertz CT molecular complexity index is 906. The minimum Gasteiger partial charge on any atom is -0.348 e. The van der Waals surface area contributed by atoms with E-state index >= 15 is 0 Å². The van der Waals surface area contributed by atoms with Crippen LogP contribution in [0, 0.1) is 5.92 Å². The van der Waals surface area contributed by atoms with Gasteiger partial charge in [-0.05, 0) is 36.5 Å². The van der Waals surface area contributed by atoms with E-state index in [9.17, 15) is 4.79 Å². The van der Waals surface area contributed by atoms with Crippen LogP contribution in [-0.2, 0) is 0 Å². The number of hydrogen-bond donors (Lipinski definition) is 3. The van der Waals surface area contributed by atoms with Gasteiger partial charge in [-0.15, -0.1) is 0 Å². The molecule has 0 atom stereocenters. The van der Waals surface area contributed by atoms with E-state index in [-0.39, 0.29) is 11.9 Å². The molecule has 0 aliphatic carbocycles. The summed E-state index contributed by atoms with van der Waals surface area (Å²) in [6.07, 6.45) is 5.58. The fourth-order valence-electron chi connectivity index (χ4n) is 3.81. The number of fused-ring (bicyclic) bond motifs is 1. The van der Waals surface area contributed by atoms with E-state index in [1.54, 1.807) is 6.20 Å². The lowest BCUT2D eigenvalue weighted by molar-refractivity contribution is 0.0904. The number of likely N-dealkylation sites (tertiary alicyclic amines) is 1. The number of benzene rings is 1. The van der Waals surface area contributed by atoms with Crippen molar-refractivity contribution in [3.63, 3.8) is 0 Å². The summed E-state index contributed by atoms with van der Waals surface area (Å²) in [4.78, 5) is 15.3. The van der Waals surface area contributed by atoms with Crippen LogP contribution < -0.4 is 5.32 Å². The standard InChI is InChI=1S/C20H26N6O/c1-13(2)12-26-7-5-16(6-8-26)23-20(27)19-17-9-14(15-10-21-22-11-15)3-4-18(17)24-25-19/h3-4,9-11,13,16H,5-8,12H2,1-2H3,(H,21,22)(H,23,27)(H,24,25). The number of aromatic nitrogens is 4. The number of carbonyl (C=O) groups is 1. The van der Waals surface area contributed by atoms with Crippen molar-refractivity contribution in [2.45, 2.75) is 32.7 Å². The molecule has 7 nitrogen and oxygen atoms in total. The fourth-order valence-corrected chi connectivity index (χ4v) is 3.81. The minimum absolute atomic E-state index is 0.104. The summed E-state index contributed by atoms with van der Waals surface area (Å²) in [6.45, 7) is 7.69. The molecule has 7 heteroatoms. The van der Waals surface area contributed by atoms with Gasteiger partial charge in [0, 0.05) is 42.8 Å². The largest absolute Gasteiger partial charge is 0.348 e. The van der Waals surface area contributed by atoms with Crippen molar-refractivity contribution in [3.05, 3.63) is 36.3 Å². The van der Waals surface area contributed by atoms with Crippen LogP contribution in [0.15, 0.2) is 30.6 Å². The van der Waals surface area contributed by atoms with Crippen LogP contribution in [0.4, 0.5) is 0 Å². The fraction of sp³-hybridized carbons (Fsp3) is 0.450. The predicted molar refractivity (Wildman–Crippen MR) is 105 cm³/mol. The van der Waals surface area contributed by atoms with Crippen molar-refractivity contribution in [1.82, 2.24) is 30.6 Å². The third kappa shape index (κ3) is 3.88. The topological polar surface area (TPSA) is 89.7 Å². The van der Waals surface area contributed by atoms with E-state index in [0.717, 1.165) is 54.5 Å². The Hall–Kier alpha value is -2.67.